The minimum atomic E-state index is -1.29. The molecule has 14 heteroatoms. The highest BCUT2D eigenvalue weighted by Gasteiger charge is 2.38. The quantitative estimate of drug-likeness (QED) is 0.126. The Morgan fingerprint density at radius 2 is 0.931 bits per heavy atom. The Morgan fingerprint density at radius 1 is 0.569 bits per heavy atom. The predicted octanol–water partition coefficient (Wildman–Crippen LogP) is 3.50. The van der Waals surface area contributed by atoms with Gasteiger partial charge in [-0.3, -0.25) is 9.59 Å². The maximum absolute atomic E-state index is 11.6. The van der Waals surface area contributed by atoms with E-state index < -0.39 is 23.3 Å². The number of amidine groups is 2. The van der Waals surface area contributed by atoms with Crippen LogP contribution in [0.3, 0.4) is 0 Å². The molecule has 58 heavy (non-hydrogen) atoms. The van der Waals surface area contributed by atoms with Crippen LogP contribution in [-0.2, 0) is 19.2 Å². The molecular formula is C44H54N8O6. The second-order valence-corrected chi connectivity index (χ2v) is 13.8. The Kier molecular flexibility index (Phi) is 16.7. The molecule has 2 heterocycles. The van der Waals surface area contributed by atoms with Gasteiger partial charge in [0.25, 0.3) is 0 Å². The van der Waals surface area contributed by atoms with Crippen molar-refractivity contribution in [3.63, 3.8) is 0 Å². The molecule has 0 spiro atoms. The number of aliphatic carboxylic acids is 2. The van der Waals surface area contributed by atoms with Crippen molar-refractivity contribution in [2.24, 2.45) is 21.5 Å². The van der Waals surface area contributed by atoms with Crippen LogP contribution in [0.1, 0.15) is 79.6 Å². The molecule has 306 valence electrons. The number of rotatable bonds is 16. The maximum Gasteiger partial charge on any atom is 0.313 e. The van der Waals surface area contributed by atoms with Crippen LogP contribution in [0, 0.1) is 11.3 Å². The van der Waals surface area contributed by atoms with Crippen molar-refractivity contribution in [3.8, 4) is 0 Å². The second kappa shape index (κ2) is 21.8. The molecule has 6 rings (SSSR count). The Balaban J connectivity index is 0.000000193. The van der Waals surface area contributed by atoms with Gasteiger partial charge in [0.1, 0.15) is 11.4 Å². The third-order valence-electron chi connectivity index (χ3n) is 10.0. The van der Waals surface area contributed by atoms with Crippen molar-refractivity contribution in [2.45, 2.75) is 79.6 Å². The van der Waals surface area contributed by atoms with Crippen molar-refractivity contribution < 1.29 is 40.2 Å². The number of benzene rings is 4. The third-order valence-corrected chi connectivity index (χ3v) is 10.0. The normalized spacial score (nSPS) is 14.0. The van der Waals surface area contributed by atoms with Crippen LogP contribution in [0.15, 0.2) is 132 Å². The maximum atomic E-state index is 11.6. The molecule has 1 atom stereocenters. The van der Waals surface area contributed by atoms with Crippen molar-refractivity contribution >= 4 is 57.9 Å². The summed E-state index contributed by atoms with van der Waals surface area (Å²) in [6.45, 7) is 8.50. The number of nitrogens with two attached hydrogens (primary N) is 2. The first-order valence-electron chi connectivity index (χ1n) is 19.7. The number of hydrazine groups is 2. The number of carbonyl (C=O) groups is 4. The fraction of sp³-hybridized carbons (Fsp3) is 0.318. The number of hydrogen-bond acceptors (Lipinski definition) is 12. The van der Waals surface area contributed by atoms with Gasteiger partial charge in [-0.25, -0.2) is 0 Å². The monoisotopic (exact) mass is 790 g/mol. The number of unbranched alkanes of at least 4 members (excludes halogenated alkanes) is 3. The first kappa shape index (κ1) is 44.3. The average molecular weight is 791 g/mol. The molecule has 2 aliphatic heterocycles. The number of hydrazone groups is 2. The molecular weight excluding hydrogens is 737 g/mol. The summed E-state index contributed by atoms with van der Waals surface area (Å²) in [6, 6.07) is 39.1. The van der Waals surface area contributed by atoms with Crippen LogP contribution < -0.4 is 41.5 Å². The van der Waals surface area contributed by atoms with E-state index >= 15 is 0 Å². The van der Waals surface area contributed by atoms with E-state index in [1.165, 1.54) is 13.8 Å². The summed E-state index contributed by atoms with van der Waals surface area (Å²) in [4.78, 5) is 45.7. The van der Waals surface area contributed by atoms with Crippen molar-refractivity contribution in [2.75, 3.05) is 20.5 Å². The third kappa shape index (κ3) is 11.4. The Bertz CT molecular complexity index is 1880. The minimum Gasteiger partial charge on any atom is -0.550 e. The zero-order chi connectivity index (χ0) is 42.1. The van der Waals surface area contributed by atoms with E-state index in [4.69, 9.17) is 0 Å². The molecule has 0 fully saturated rings. The number of anilines is 4. The SMILES string of the molecule is CC(=O)C1=NN(c2ccccc2)N(c2ccccc2)[NH2+]1.CC(=O)C1=NN(c2ccccc2)N(c2ccccc2)[NH2+]1.CCCCCCC(C(=O)[O-])C(CC)(CC)C(=O)[O-]. The van der Waals surface area contributed by atoms with Crippen LogP contribution in [0.4, 0.5) is 22.7 Å². The van der Waals surface area contributed by atoms with E-state index in [-0.39, 0.29) is 24.4 Å². The Labute approximate surface area is 340 Å². The summed E-state index contributed by atoms with van der Waals surface area (Å²) in [6.07, 6.45) is 4.63. The molecule has 0 saturated carbocycles. The van der Waals surface area contributed by atoms with Gasteiger partial charge in [-0.05, 0) is 67.8 Å². The van der Waals surface area contributed by atoms with Crippen LogP contribution in [0.2, 0.25) is 0 Å². The van der Waals surface area contributed by atoms with Crippen LogP contribution in [-0.4, -0.2) is 35.2 Å². The molecule has 4 aromatic carbocycles. The molecule has 0 radical (unpaired) electrons. The molecule has 4 N–H and O–H groups in total. The van der Waals surface area contributed by atoms with E-state index in [0.29, 0.717) is 18.1 Å². The highest BCUT2D eigenvalue weighted by atomic mass is 16.4. The summed E-state index contributed by atoms with van der Waals surface area (Å²) < 4.78 is 0. The number of para-hydroxylation sites is 4. The molecule has 14 nitrogen and oxygen atoms in total. The van der Waals surface area contributed by atoms with Gasteiger partial charge in [0.2, 0.25) is 11.6 Å². The van der Waals surface area contributed by atoms with E-state index in [9.17, 15) is 29.4 Å². The van der Waals surface area contributed by atoms with Crippen LogP contribution >= 0.6 is 0 Å². The number of Topliss-reactive ketones (excluding diaryl/α,β-unsaturated/α-hetero) is 2. The van der Waals surface area contributed by atoms with Gasteiger partial charge in [-0.1, -0.05) is 129 Å². The summed E-state index contributed by atoms with van der Waals surface area (Å²) in [5.41, 5.74) is 5.95. The van der Waals surface area contributed by atoms with E-state index in [2.05, 4.69) is 17.1 Å². The van der Waals surface area contributed by atoms with Gasteiger partial charge in [0, 0.05) is 37.1 Å². The van der Waals surface area contributed by atoms with Gasteiger partial charge >= 0.3 is 11.7 Å². The number of hydrogen-bond donors (Lipinski definition) is 2. The van der Waals surface area contributed by atoms with Gasteiger partial charge in [0.15, 0.2) is 0 Å². The number of carboxylic acid groups (broad SMARTS) is 2. The zero-order valence-electron chi connectivity index (χ0n) is 33.9. The summed E-state index contributed by atoms with van der Waals surface area (Å²) in [7, 11) is 0. The van der Waals surface area contributed by atoms with Crippen LogP contribution in [0.5, 0.6) is 0 Å². The number of ketones is 2. The first-order valence-corrected chi connectivity index (χ1v) is 19.7. The lowest BCUT2D eigenvalue weighted by molar-refractivity contribution is -0.544. The fourth-order valence-electron chi connectivity index (χ4n) is 6.60. The Morgan fingerprint density at radius 3 is 1.22 bits per heavy atom. The Hall–Kier alpha value is -6.38. The van der Waals surface area contributed by atoms with Gasteiger partial charge < -0.3 is 19.8 Å². The van der Waals surface area contributed by atoms with Crippen LogP contribution in [0.25, 0.3) is 0 Å². The lowest BCUT2D eigenvalue weighted by Gasteiger charge is -2.41. The van der Waals surface area contributed by atoms with Crippen molar-refractivity contribution in [3.05, 3.63) is 121 Å². The predicted molar refractivity (Wildman–Crippen MR) is 221 cm³/mol. The molecule has 0 aromatic heterocycles. The number of nitrogens with zero attached hydrogens (tertiary/aromatic N) is 6. The lowest BCUT2D eigenvalue weighted by atomic mass is 9.69. The molecule has 0 aliphatic carbocycles. The van der Waals surface area contributed by atoms with E-state index in [1.54, 1.807) is 34.9 Å². The molecule has 2 aliphatic rings. The molecule has 4 aromatic rings. The number of quaternary nitrogens is 2. The second-order valence-electron chi connectivity index (χ2n) is 13.8. The van der Waals surface area contributed by atoms with Gasteiger partial charge in [-0.2, -0.15) is 10.9 Å². The standard InChI is InChI=1S/2C15H14N4O.C14H26O4/c2*1-12(20)15-16-18(13-8-4-2-5-9-13)19(17-15)14-10-6-3-7-11-14;1-4-7-8-9-10-11(12(15)16)14(5-2,6-3)13(17)18/h2*2-11H,1H3,(H,16,17);11H,4-10H2,1-3H3,(H,15,16)(H,17,18). The molecule has 0 amide bonds. The first-order chi connectivity index (χ1) is 28.0. The number of carboxylic acids is 2. The smallest absolute Gasteiger partial charge is 0.313 e. The highest BCUT2D eigenvalue weighted by Crippen LogP contribution is 2.38. The molecule has 0 saturated heterocycles. The fourth-order valence-corrected chi connectivity index (χ4v) is 6.60. The van der Waals surface area contributed by atoms with E-state index in [0.717, 1.165) is 48.4 Å². The van der Waals surface area contributed by atoms with Crippen molar-refractivity contribution in [1.82, 2.24) is 0 Å². The summed E-state index contributed by atoms with van der Waals surface area (Å²) in [5, 5.41) is 38.5. The zero-order valence-corrected chi connectivity index (χ0v) is 33.9. The molecule has 0 bridgehead atoms. The van der Waals surface area contributed by atoms with Crippen molar-refractivity contribution in [1.29, 1.82) is 0 Å². The lowest BCUT2D eigenvalue weighted by Crippen LogP contribution is -2.97. The number of carbonyl (C=O) groups excluding carboxylic acids is 4. The highest BCUT2D eigenvalue weighted by molar-refractivity contribution is 6.34. The minimum absolute atomic E-state index is 0.0515. The molecule has 1 unspecified atom stereocenters. The average Bonchev–Trinajstić information content (AvgIpc) is 3.91. The van der Waals surface area contributed by atoms with E-state index in [1.807, 2.05) is 132 Å². The topological polar surface area (TPSA) is 185 Å². The van der Waals surface area contributed by atoms with Gasteiger partial charge in [0.05, 0.1) is 11.4 Å². The summed E-state index contributed by atoms with van der Waals surface area (Å²) >= 11 is 0. The summed E-state index contributed by atoms with van der Waals surface area (Å²) in [5.74, 6) is -2.70. The largest absolute Gasteiger partial charge is 0.550 e. The van der Waals surface area contributed by atoms with Gasteiger partial charge in [-0.15, -0.1) is 20.5 Å².